The third kappa shape index (κ3) is 4.20. The van der Waals surface area contributed by atoms with Gasteiger partial charge in [-0.1, -0.05) is 24.3 Å². The van der Waals surface area contributed by atoms with E-state index in [2.05, 4.69) is 0 Å². The minimum Gasteiger partial charge on any atom is -0.496 e. The maximum Gasteiger partial charge on any atom is 0.246 e. The van der Waals surface area contributed by atoms with E-state index in [-0.39, 0.29) is 5.91 Å². The molecule has 1 heterocycles. The zero-order valence-corrected chi connectivity index (χ0v) is 13.1. The van der Waals surface area contributed by atoms with Gasteiger partial charge in [0.2, 0.25) is 5.91 Å². The summed E-state index contributed by atoms with van der Waals surface area (Å²) in [5.41, 5.74) is 0.903. The molecule has 0 bridgehead atoms. The minimum atomic E-state index is 0.0109. The molecule has 0 fully saturated rings. The lowest BCUT2D eigenvalue weighted by Crippen LogP contribution is -2.28. The molecule has 0 aliphatic heterocycles. The number of para-hydroxylation sites is 1. The second kappa shape index (κ2) is 7.64. The molecule has 2 aromatic rings. The molecule has 4 heteroatoms. The molecular weight excluding hydrogens is 282 g/mol. The number of methoxy groups -OCH3 is 1. The molecule has 0 atom stereocenters. The summed E-state index contributed by atoms with van der Waals surface area (Å²) in [7, 11) is 1.63. The first-order chi connectivity index (χ1) is 10.2. The second-order valence-electron chi connectivity index (χ2n) is 4.51. The van der Waals surface area contributed by atoms with Crippen molar-refractivity contribution in [3.8, 4) is 5.75 Å². The van der Waals surface area contributed by atoms with E-state index in [1.54, 1.807) is 30.6 Å². The molecule has 2 rings (SSSR count). The van der Waals surface area contributed by atoms with E-state index in [9.17, 15) is 4.79 Å². The van der Waals surface area contributed by atoms with Crippen molar-refractivity contribution in [1.29, 1.82) is 0 Å². The molecule has 110 valence electrons. The number of thiophene rings is 1. The quantitative estimate of drug-likeness (QED) is 0.759. The first-order valence-corrected chi connectivity index (χ1v) is 7.75. The highest BCUT2D eigenvalue weighted by Crippen LogP contribution is 2.19. The number of rotatable bonds is 6. The first-order valence-electron chi connectivity index (χ1n) is 6.87. The van der Waals surface area contributed by atoms with Crippen LogP contribution in [0.3, 0.4) is 0 Å². The Labute approximate surface area is 129 Å². The summed E-state index contributed by atoms with van der Waals surface area (Å²) in [5, 5.41) is 2.03. The summed E-state index contributed by atoms with van der Waals surface area (Å²) in [5.74, 6) is 0.777. The van der Waals surface area contributed by atoms with Crippen LogP contribution < -0.4 is 4.74 Å². The Morgan fingerprint density at radius 2 is 2.10 bits per heavy atom. The molecule has 0 saturated heterocycles. The van der Waals surface area contributed by atoms with Gasteiger partial charge in [0.15, 0.2) is 0 Å². The van der Waals surface area contributed by atoms with E-state index in [0.717, 1.165) is 11.3 Å². The molecule has 21 heavy (non-hydrogen) atoms. The van der Waals surface area contributed by atoms with E-state index in [0.29, 0.717) is 13.1 Å². The topological polar surface area (TPSA) is 29.5 Å². The van der Waals surface area contributed by atoms with Gasteiger partial charge in [-0.05, 0) is 30.5 Å². The van der Waals surface area contributed by atoms with Crippen LogP contribution in [0.2, 0.25) is 0 Å². The lowest BCUT2D eigenvalue weighted by molar-refractivity contribution is -0.126. The molecule has 0 aliphatic rings. The Hall–Kier alpha value is -2.07. The molecule has 1 aromatic carbocycles. The van der Waals surface area contributed by atoms with Gasteiger partial charge in [-0.15, -0.1) is 11.3 Å². The average molecular weight is 301 g/mol. The summed E-state index contributed by atoms with van der Waals surface area (Å²) >= 11 is 1.67. The van der Waals surface area contributed by atoms with Gasteiger partial charge in [0, 0.05) is 23.1 Å². The van der Waals surface area contributed by atoms with Gasteiger partial charge in [-0.3, -0.25) is 4.79 Å². The van der Waals surface area contributed by atoms with Crippen molar-refractivity contribution in [3.05, 3.63) is 58.3 Å². The van der Waals surface area contributed by atoms with Crippen LogP contribution in [0.1, 0.15) is 17.4 Å². The lowest BCUT2D eigenvalue weighted by Gasteiger charge is -2.18. The number of nitrogens with zero attached hydrogens (tertiary/aromatic N) is 1. The first kappa shape index (κ1) is 15.3. The fourth-order valence-corrected chi connectivity index (χ4v) is 2.73. The van der Waals surface area contributed by atoms with Crippen LogP contribution in [-0.2, 0) is 11.3 Å². The number of hydrogen-bond donors (Lipinski definition) is 0. The molecule has 0 aliphatic carbocycles. The van der Waals surface area contributed by atoms with Crippen molar-refractivity contribution >= 4 is 23.3 Å². The van der Waals surface area contributed by atoms with Crippen LogP contribution in [0.25, 0.3) is 6.08 Å². The van der Waals surface area contributed by atoms with Crippen LogP contribution in [0.4, 0.5) is 0 Å². The highest BCUT2D eigenvalue weighted by Gasteiger charge is 2.09. The van der Waals surface area contributed by atoms with Crippen molar-refractivity contribution < 1.29 is 9.53 Å². The van der Waals surface area contributed by atoms with Gasteiger partial charge in [0.1, 0.15) is 5.75 Å². The van der Waals surface area contributed by atoms with Crippen LogP contribution in [-0.4, -0.2) is 24.5 Å². The largest absolute Gasteiger partial charge is 0.496 e. The number of likely N-dealkylation sites (N-methyl/N-ethyl adjacent to an activating group) is 1. The van der Waals surface area contributed by atoms with E-state index in [1.165, 1.54) is 4.88 Å². The fourth-order valence-electron chi connectivity index (χ4n) is 2.01. The fraction of sp³-hybridized carbons (Fsp3) is 0.235. The van der Waals surface area contributed by atoms with Crippen molar-refractivity contribution in [2.24, 2.45) is 0 Å². The number of amides is 1. The van der Waals surface area contributed by atoms with E-state index in [1.807, 2.05) is 53.6 Å². The van der Waals surface area contributed by atoms with Crippen molar-refractivity contribution in [2.75, 3.05) is 13.7 Å². The zero-order chi connectivity index (χ0) is 15.1. The summed E-state index contributed by atoms with van der Waals surface area (Å²) in [6.07, 6.45) is 3.41. The Balaban J connectivity index is 2.06. The van der Waals surface area contributed by atoms with Gasteiger partial charge in [0.25, 0.3) is 0 Å². The summed E-state index contributed by atoms with van der Waals surface area (Å²) in [6, 6.07) is 11.7. The summed E-state index contributed by atoms with van der Waals surface area (Å²) in [4.78, 5) is 15.3. The molecule has 0 unspecified atom stereocenters. The molecule has 0 radical (unpaired) electrons. The van der Waals surface area contributed by atoms with E-state index in [4.69, 9.17) is 4.74 Å². The minimum absolute atomic E-state index is 0.0109. The van der Waals surface area contributed by atoms with Crippen LogP contribution in [0.5, 0.6) is 5.75 Å². The van der Waals surface area contributed by atoms with Gasteiger partial charge < -0.3 is 9.64 Å². The maximum atomic E-state index is 12.3. The molecule has 1 amide bonds. The Morgan fingerprint density at radius 3 is 2.76 bits per heavy atom. The third-order valence-electron chi connectivity index (χ3n) is 3.16. The van der Waals surface area contributed by atoms with Gasteiger partial charge >= 0.3 is 0 Å². The normalized spacial score (nSPS) is 10.8. The van der Waals surface area contributed by atoms with Gasteiger partial charge in [0.05, 0.1) is 13.7 Å². The Kier molecular flexibility index (Phi) is 5.58. The van der Waals surface area contributed by atoms with Crippen molar-refractivity contribution in [3.63, 3.8) is 0 Å². The summed E-state index contributed by atoms with van der Waals surface area (Å²) < 4.78 is 5.28. The zero-order valence-electron chi connectivity index (χ0n) is 12.3. The average Bonchev–Trinajstić information content (AvgIpc) is 3.03. The van der Waals surface area contributed by atoms with Crippen LogP contribution in [0.15, 0.2) is 47.9 Å². The Morgan fingerprint density at radius 1 is 1.29 bits per heavy atom. The van der Waals surface area contributed by atoms with Crippen molar-refractivity contribution in [1.82, 2.24) is 4.90 Å². The molecule has 0 N–H and O–H groups in total. The number of ether oxygens (including phenoxy) is 1. The van der Waals surface area contributed by atoms with Crippen LogP contribution >= 0.6 is 11.3 Å². The molecule has 0 saturated carbocycles. The highest BCUT2D eigenvalue weighted by atomic mass is 32.1. The number of carbonyl (C=O) groups excluding carboxylic acids is 1. The monoisotopic (exact) mass is 301 g/mol. The molecule has 1 aromatic heterocycles. The predicted molar refractivity (Wildman–Crippen MR) is 87.4 cm³/mol. The third-order valence-corrected chi connectivity index (χ3v) is 4.03. The maximum absolute atomic E-state index is 12.3. The predicted octanol–water partition coefficient (Wildman–Crippen LogP) is 3.82. The number of carbonyl (C=O) groups is 1. The lowest BCUT2D eigenvalue weighted by atomic mass is 10.2. The van der Waals surface area contributed by atoms with Crippen LogP contribution in [0, 0.1) is 0 Å². The number of benzene rings is 1. The highest BCUT2D eigenvalue weighted by molar-refractivity contribution is 7.09. The number of hydrogen-bond acceptors (Lipinski definition) is 3. The SMILES string of the molecule is CCN(Cc1cccs1)C(=O)/C=C/c1ccccc1OC. The van der Waals surface area contributed by atoms with E-state index < -0.39 is 0 Å². The van der Waals surface area contributed by atoms with E-state index >= 15 is 0 Å². The Bertz CT molecular complexity index is 605. The molecule has 3 nitrogen and oxygen atoms in total. The molecule has 0 spiro atoms. The molecular formula is C17H19NO2S. The van der Waals surface area contributed by atoms with Crippen molar-refractivity contribution in [2.45, 2.75) is 13.5 Å². The summed E-state index contributed by atoms with van der Waals surface area (Å²) in [6.45, 7) is 3.33. The smallest absolute Gasteiger partial charge is 0.246 e. The second-order valence-corrected chi connectivity index (χ2v) is 5.54. The van der Waals surface area contributed by atoms with Gasteiger partial charge in [-0.25, -0.2) is 0 Å². The standard InChI is InChI=1S/C17H19NO2S/c1-3-18(13-15-8-6-12-21-15)17(19)11-10-14-7-4-5-9-16(14)20-2/h4-12H,3,13H2,1-2H3/b11-10+. The van der Waals surface area contributed by atoms with Gasteiger partial charge in [-0.2, -0.15) is 0 Å².